The summed E-state index contributed by atoms with van der Waals surface area (Å²) in [7, 11) is 1.61. The molecule has 1 unspecified atom stereocenters. The number of nitrogens with zero attached hydrogens (tertiary/aromatic N) is 2. The summed E-state index contributed by atoms with van der Waals surface area (Å²) in [4.78, 5) is 8.52. The van der Waals surface area contributed by atoms with Crippen LogP contribution in [0.15, 0.2) is 36.7 Å². The van der Waals surface area contributed by atoms with Crippen molar-refractivity contribution < 1.29 is 4.74 Å². The molecule has 0 amide bonds. The zero-order valence-electron chi connectivity index (χ0n) is 10.4. The average Bonchev–Trinajstić information content (AvgIpc) is 2.39. The van der Waals surface area contributed by atoms with E-state index in [4.69, 9.17) is 4.74 Å². The molecule has 0 saturated carbocycles. The van der Waals surface area contributed by atoms with E-state index in [0.717, 1.165) is 12.1 Å². The average molecular weight is 307 g/mol. The maximum atomic E-state index is 5.10. The minimum atomic E-state index is 0.248. The van der Waals surface area contributed by atoms with Gasteiger partial charge in [-0.2, -0.15) is 0 Å². The van der Waals surface area contributed by atoms with E-state index in [9.17, 15) is 0 Å². The second-order valence-corrected chi connectivity index (χ2v) is 5.19. The van der Waals surface area contributed by atoms with Gasteiger partial charge in [0.1, 0.15) is 6.33 Å². The van der Waals surface area contributed by atoms with Crippen LogP contribution < -0.4 is 4.74 Å². The third-order valence-corrected chi connectivity index (χ3v) is 3.64. The molecule has 18 heavy (non-hydrogen) atoms. The largest absolute Gasteiger partial charge is 0.481 e. The van der Waals surface area contributed by atoms with E-state index in [1.165, 1.54) is 17.5 Å². The fraction of sp³-hybridized carbons (Fsp3) is 0.286. The topological polar surface area (TPSA) is 35.0 Å². The zero-order chi connectivity index (χ0) is 13.0. The highest BCUT2D eigenvalue weighted by atomic mass is 79.9. The number of aromatic nitrogens is 2. The molecular formula is C14H15BrN2O. The molecule has 94 valence electrons. The Labute approximate surface area is 115 Å². The number of rotatable bonds is 4. The number of aryl methyl sites for hydroxylation is 1. The first-order valence-corrected chi connectivity index (χ1v) is 6.67. The zero-order valence-corrected chi connectivity index (χ0v) is 12.0. The van der Waals surface area contributed by atoms with Crippen LogP contribution in [-0.4, -0.2) is 17.1 Å². The number of ether oxygens (including phenoxy) is 1. The Morgan fingerprint density at radius 2 is 2.06 bits per heavy atom. The van der Waals surface area contributed by atoms with E-state index < -0.39 is 0 Å². The van der Waals surface area contributed by atoms with E-state index in [1.807, 2.05) is 12.1 Å². The Morgan fingerprint density at radius 1 is 1.28 bits per heavy atom. The Balaban J connectivity index is 2.16. The second-order valence-electron chi connectivity index (χ2n) is 4.08. The molecule has 1 heterocycles. The minimum absolute atomic E-state index is 0.248. The van der Waals surface area contributed by atoms with Crippen LogP contribution in [0.4, 0.5) is 0 Å². The summed E-state index contributed by atoms with van der Waals surface area (Å²) in [5.74, 6) is 0.601. The van der Waals surface area contributed by atoms with Gasteiger partial charge in [-0.25, -0.2) is 9.97 Å². The molecule has 0 radical (unpaired) electrons. The summed E-state index contributed by atoms with van der Waals surface area (Å²) in [6.07, 6.45) is 2.34. The molecule has 0 N–H and O–H groups in total. The number of hydrogen-bond donors (Lipinski definition) is 0. The molecule has 3 nitrogen and oxygen atoms in total. The molecular weight excluding hydrogens is 292 g/mol. The van der Waals surface area contributed by atoms with Crippen LogP contribution in [0.5, 0.6) is 5.88 Å². The molecule has 4 heteroatoms. The minimum Gasteiger partial charge on any atom is -0.481 e. The lowest BCUT2D eigenvalue weighted by molar-refractivity contribution is 0.396. The predicted octanol–water partition coefficient (Wildman–Crippen LogP) is 3.47. The Bertz CT molecular complexity index is 531. The monoisotopic (exact) mass is 306 g/mol. The number of halogens is 1. The predicted molar refractivity (Wildman–Crippen MR) is 75.1 cm³/mol. The fourth-order valence-electron chi connectivity index (χ4n) is 1.83. The smallest absolute Gasteiger partial charge is 0.216 e. The molecule has 1 aromatic carbocycles. The van der Waals surface area contributed by atoms with Crippen molar-refractivity contribution >= 4 is 15.9 Å². The number of hydrogen-bond acceptors (Lipinski definition) is 3. The summed E-state index contributed by atoms with van der Waals surface area (Å²) in [5.41, 5.74) is 3.53. The molecule has 0 spiro atoms. The fourth-order valence-corrected chi connectivity index (χ4v) is 2.68. The third-order valence-electron chi connectivity index (χ3n) is 2.82. The first-order chi connectivity index (χ1) is 8.70. The standard InChI is InChI=1S/C14H15BrN2O/c1-10-5-3-4-6-12(10)13(15)7-11-8-14(18-2)17-9-16-11/h3-6,8-9,13H,7H2,1-2H3. The molecule has 0 aliphatic rings. The van der Waals surface area contributed by atoms with Gasteiger partial charge >= 0.3 is 0 Å². The number of alkyl halides is 1. The lowest BCUT2D eigenvalue weighted by Gasteiger charge is -2.12. The van der Waals surface area contributed by atoms with Crippen LogP contribution in [0, 0.1) is 6.92 Å². The van der Waals surface area contributed by atoms with Crippen molar-refractivity contribution in [2.45, 2.75) is 18.2 Å². The molecule has 0 aliphatic heterocycles. The molecule has 2 rings (SSSR count). The van der Waals surface area contributed by atoms with Crippen LogP contribution in [0.3, 0.4) is 0 Å². The molecule has 0 aliphatic carbocycles. The van der Waals surface area contributed by atoms with Crippen LogP contribution in [-0.2, 0) is 6.42 Å². The summed E-state index contributed by atoms with van der Waals surface area (Å²) in [6, 6.07) is 10.2. The molecule has 2 aromatic rings. The molecule has 0 fully saturated rings. The number of methoxy groups -OCH3 is 1. The lowest BCUT2D eigenvalue weighted by Crippen LogP contribution is -2.01. The van der Waals surface area contributed by atoms with E-state index in [2.05, 4.69) is 51.0 Å². The van der Waals surface area contributed by atoms with Gasteiger partial charge in [-0.1, -0.05) is 40.2 Å². The van der Waals surface area contributed by atoms with Crippen molar-refractivity contribution in [1.29, 1.82) is 0 Å². The second kappa shape index (κ2) is 5.96. The Kier molecular flexibility index (Phi) is 4.31. The van der Waals surface area contributed by atoms with Gasteiger partial charge in [-0.05, 0) is 18.1 Å². The highest BCUT2D eigenvalue weighted by molar-refractivity contribution is 9.09. The molecule has 1 aromatic heterocycles. The van der Waals surface area contributed by atoms with E-state index >= 15 is 0 Å². The van der Waals surface area contributed by atoms with Crippen LogP contribution in [0.25, 0.3) is 0 Å². The normalized spacial score (nSPS) is 12.2. The molecule has 0 saturated heterocycles. The first-order valence-electron chi connectivity index (χ1n) is 5.75. The van der Waals surface area contributed by atoms with Gasteiger partial charge in [-0.3, -0.25) is 0 Å². The maximum Gasteiger partial charge on any atom is 0.216 e. The third kappa shape index (κ3) is 3.07. The van der Waals surface area contributed by atoms with Crippen LogP contribution >= 0.6 is 15.9 Å². The van der Waals surface area contributed by atoms with Gasteiger partial charge in [0.15, 0.2) is 0 Å². The van der Waals surface area contributed by atoms with Gasteiger partial charge in [-0.15, -0.1) is 0 Å². The lowest BCUT2D eigenvalue weighted by atomic mass is 10.0. The van der Waals surface area contributed by atoms with Gasteiger partial charge in [0.2, 0.25) is 5.88 Å². The maximum absolute atomic E-state index is 5.10. The summed E-state index contributed by atoms with van der Waals surface area (Å²) >= 11 is 3.72. The van der Waals surface area contributed by atoms with Crippen molar-refractivity contribution in [2.24, 2.45) is 0 Å². The van der Waals surface area contributed by atoms with E-state index in [0.29, 0.717) is 5.88 Å². The summed E-state index contributed by atoms with van der Waals surface area (Å²) in [6.45, 7) is 2.12. The Morgan fingerprint density at radius 3 is 2.78 bits per heavy atom. The Hall–Kier alpha value is -1.42. The van der Waals surface area contributed by atoms with Crippen LogP contribution in [0.1, 0.15) is 21.6 Å². The van der Waals surface area contributed by atoms with Crippen molar-refractivity contribution in [1.82, 2.24) is 9.97 Å². The van der Waals surface area contributed by atoms with Gasteiger partial charge in [0.05, 0.1) is 7.11 Å². The highest BCUT2D eigenvalue weighted by Gasteiger charge is 2.12. The SMILES string of the molecule is COc1cc(CC(Br)c2ccccc2C)ncn1. The van der Waals surface area contributed by atoms with Gasteiger partial charge < -0.3 is 4.74 Å². The van der Waals surface area contributed by atoms with Crippen LogP contribution in [0.2, 0.25) is 0 Å². The molecule has 0 bridgehead atoms. The van der Waals surface area contributed by atoms with Crippen molar-refractivity contribution in [2.75, 3.05) is 7.11 Å². The highest BCUT2D eigenvalue weighted by Crippen LogP contribution is 2.29. The molecule has 1 atom stereocenters. The quantitative estimate of drug-likeness (QED) is 0.811. The summed E-state index contributed by atoms with van der Waals surface area (Å²) < 4.78 is 5.10. The van der Waals surface area contributed by atoms with Crippen molar-refractivity contribution in [3.63, 3.8) is 0 Å². The first kappa shape index (κ1) is 13.0. The van der Waals surface area contributed by atoms with E-state index in [-0.39, 0.29) is 4.83 Å². The van der Waals surface area contributed by atoms with Crippen molar-refractivity contribution in [3.8, 4) is 5.88 Å². The number of benzene rings is 1. The summed E-state index contributed by atoms with van der Waals surface area (Å²) in [5, 5.41) is 0. The van der Waals surface area contributed by atoms with E-state index in [1.54, 1.807) is 7.11 Å². The van der Waals surface area contributed by atoms with Gasteiger partial charge in [0.25, 0.3) is 0 Å². The van der Waals surface area contributed by atoms with Gasteiger partial charge in [0, 0.05) is 23.0 Å². The van der Waals surface area contributed by atoms with Crippen molar-refractivity contribution in [3.05, 3.63) is 53.5 Å².